The van der Waals surface area contributed by atoms with Gasteiger partial charge in [-0.05, 0) is 0 Å². The number of carbonyl (C=O) groups is 2. The van der Waals surface area contributed by atoms with Crippen LogP contribution < -0.4 is 10.5 Å². The second-order valence-corrected chi connectivity index (χ2v) is 6.82. The van der Waals surface area contributed by atoms with Crippen molar-refractivity contribution in [1.29, 1.82) is 0 Å². The number of aromatic nitrogens is 2. The summed E-state index contributed by atoms with van der Waals surface area (Å²) < 4.78 is 19.1. The zero-order valence-electron chi connectivity index (χ0n) is 15.6. The highest BCUT2D eigenvalue weighted by molar-refractivity contribution is 5.83. The van der Waals surface area contributed by atoms with E-state index in [4.69, 9.17) is 4.74 Å². The number of hydrogen-bond donors (Lipinski definition) is 1. The van der Waals surface area contributed by atoms with Gasteiger partial charge in [-0.2, -0.15) is 4.39 Å². The molecule has 2 aliphatic rings. The first-order valence-electron chi connectivity index (χ1n) is 9.32. The van der Waals surface area contributed by atoms with E-state index < -0.39 is 17.5 Å². The lowest BCUT2D eigenvalue weighted by Gasteiger charge is -2.35. The molecule has 1 N–H and O–H groups in total. The molecule has 0 saturated carbocycles. The topological polar surface area (TPSA) is 98.8 Å². The number of piperazine rings is 1. The molecule has 0 radical (unpaired) electrons. The highest BCUT2D eigenvalue weighted by atomic mass is 19.1. The third-order valence-electron chi connectivity index (χ3n) is 5.00. The first-order valence-corrected chi connectivity index (χ1v) is 9.32. The van der Waals surface area contributed by atoms with E-state index in [9.17, 15) is 18.8 Å². The summed E-state index contributed by atoms with van der Waals surface area (Å²) >= 11 is 0. The molecule has 152 valence electrons. The number of nitrogens with one attached hydrogen (secondary N) is 1. The van der Waals surface area contributed by atoms with Crippen LogP contribution in [0.4, 0.5) is 15.1 Å². The van der Waals surface area contributed by atoms with Crippen LogP contribution in [0.5, 0.6) is 0 Å². The molecule has 2 aliphatic heterocycles. The van der Waals surface area contributed by atoms with Gasteiger partial charge in [0.15, 0.2) is 0 Å². The molecule has 4 rings (SSSR count). The van der Waals surface area contributed by atoms with E-state index in [0.29, 0.717) is 44.9 Å². The lowest BCUT2D eigenvalue weighted by Crippen LogP contribution is -2.52. The summed E-state index contributed by atoms with van der Waals surface area (Å²) in [5, 5.41) is 0. The quantitative estimate of drug-likeness (QED) is 0.809. The standard InChI is InChI=1S/C19H20FN5O4/c20-15-16(13-4-2-1-3-5-13)21-18(22-17(15)27)24-8-6-23(7-9-24)14(26)12-25-10-11-29-19(25)28/h1-5H,6-12H2,(H,21,22,27). The maximum atomic E-state index is 14.3. The van der Waals surface area contributed by atoms with Gasteiger partial charge in [0, 0.05) is 31.7 Å². The fraction of sp³-hybridized carbons (Fsp3) is 0.368. The number of amides is 2. The van der Waals surface area contributed by atoms with E-state index in [2.05, 4.69) is 9.97 Å². The Balaban J connectivity index is 1.45. The van der Waals surface area contributed by atoms with Gasteiger partial charge in [-0.15, -0.1) is 0 Å². The normalized spacial score (nSPS) is 16.9. The van der Waals surface area contributed by atoms with E-state index in [1.165, 1.54) is 4.90 Å². The van der Waals surface area contributed by atoms with Crippen molar-refractivity contribution < 1.29 is 18.7 Å². The SMILES string of the molecule is O=C(CN1CCOC1=O)N1CCN(c2nc(-c3ccccc3)c(F)c(=O)[nH]2)CC1. The molecular formula is C19H20FN5O4. The van der Waals surface area contributed by atoms with Gasteiger partial charge >= 0.3 is 6.09 Å². The minimum atomic E-state index is -0.925. The van der Waals surface area contributed by atoms with Gasteiger partial charge in [-0.3, -0.25) is 19.5 Å². The Hall–Kier alpha value is -3.43. The Morgan fingerprint density at radius 3 is 2.48 bits per heavy atom. The maximum absolute atomic E-state index is 14.3. The molecule has 1 aromatic carbocycles. The molecule has 3 heterocycles. The maximum Gasteiger partial charge on any atom is 0.410 e. The molecule has 29 heavy (non-hydrogen) atoms. The molecule has 2 aromatic rings. The van der Waals surface area contributed by atoms with E-state index in [-0.39, 0.29) is 24.1 Å². The van der Waals surface area contributed by atoms with Gasteiger partial charge in [0.25, 0.3) is 5.56 Å². The highest BCUT2D eigenvalue weighted by Crippen LogP contribution is 2.21. The molecule has 0 atom stereocenters. The minimum absolute atomic E-state index is 0.00426. The zero-order chi connectivity index (χ0) is 20.4. The molecular weight excluding hydrogens is 381 g/mol. The van der Waals surface area contributed by atoms with Gasteiger partial charge in [0.2, 0.25) is 17.7 Å². The van der Waals surface area contributed by atoms with Crippen molar-refractivity contribution in [2.45, 2.75) is 0 Å². The molecule has 0 aliphatic carbocycles. The predicted molar refractivity (Wildman–Crippen MR) is 102 cm³/mol. The molecule has 2 amide bonds. The van der Waals surface area contributed by atoms with Crippen molar-refractivity contribution in [3.05, 3.63) is 46.5 Å². The van der Waals surface area contributed by atoms with Crippen molar-refractivity contribution in [2.24, 2.45) is 0 Å². The number of anilines is 1. The van der Waals surface area contributed by atoms with Gasteiger partial charge in [0.1, 0.15) is 18.8 Å². The summed E-state index contributed by atoms with van der Waals surface area (Å²) in [4.78, 5) is 47.6. The molecule has 1 aromatic heterocycles. The molecule has 0 bridgehead atoms. The second kappa shape index (κ2) is 7.90. The van der Waals surface area contributed by atoms with Crippen molar-refractivity contribution >= 4 is 17.9 Å². The number of carbonyl (C=O) groups excluding carboxylic acids is 2. The van der Waals surface area contributed by atoms with Crippen molar-refractivity contribution in [2.75, 3.05) is 50.8 Å². The van der Waals surface area contributed by atoms with Gasteiger partial charge < -0.3 is 14.5 Å². The molecule has 2 fully saturated rings. The first kappa shape index (κ1) is 18.9. The number of benzene rings is 1. The third kappa shape index (κ3) is 3.91. The van der Waals surface area contributed by atoms with Crippen LogP contribution >= 0.6 is 0 Å². The molecule has 2 saturated heterocycles. The van der Waals surface area contributed by atoms with E-state index in [1.54, 1.807) is 40.1 Å². The average molecular weight is 401 g/mol. The van der Waals surface area contributed by atoms with Crippen LogP contribution in [0.1, 0.15) is 0 Å². The Labute approximate surface area is 165 Å². The number of hydrogen-bond acceptors (Lipinski definition) is 6. The van der Waals surface area contributed by atoms with Gasteiger partial charge in [0.05, 0.1) is 6.54 Å². The Morgan fingerprint density at radius 2 is 1.83 bits per heavy atom. The molecule has 0 spiro atoms. The summed E-state index contributed by atoms with van der Waals surface area (Å²) in [7, 11) is 0. The van der Waals surface area contributed by atoms with Crippen LogP contribution in [-0.4, -0.2) is 77.6 Å². The van der Waals surface area contributed by atoms with Crippen LogP contribution in [0, 0.1) is 5.82 Å². The average Bonchev–Trinajstić information content (AvgIpc) is 3.15. The Morgan fingerprint density at radius 1 is 1.10 bits per heavy atom. The second-order valence-electron chi connectivity index (χ2n) is 6.82. The van der Waals surface area contributed by atoms with Crippen LogP contribution in [0.3, 0.4) is 0 Å². The number of aromatic amines is 1. The number of nitrogens with zero attached hydrogens (tertiary/aromatic N) is 4. The number of halogens is 1. The zero-order valence-corrected chi connectivity index (χ0v) is 15.6. The summed E-state index contributed by atoms with van der Waals surface area (Å²) in [5.41, 5.74) is -0.320. The van der Waals surface area contributed by atoms with Crippen LogP contribution in [0.15, 0.2) is 35.1 Å². The van der Waals surface area contributed by atoms with E-state index >= 15 is 0 Å². The van der Waals surface area contributed by atoms with Gasteiger partial charge in [-0.1, -0.05) is 30.3 Å². The van der Waals surface area contributed by atoms with Gasteiger partial charge in [-0.25, -0.2) is 9.78 Å². The minimum Gasteiger partial charge on any atom is -0.448 e. The van der Waals surface area contributed by atoms with E-state index in [0.717, 1.165) is 0 Å². The monoisotopic (exact) mass is 401 g/mol. The predicted octanol–water partition coefficient (Wildman–Crippen LogP) is 0.677. The smallest absolute Gasteiger partial charge is 0.410 e. The highest BCUT2D eigenvalue weighted by Gasteiger charge is 2.29. The first-order chi connectivity index (χ1) is 14.0. The third-order valence-corrected chi connectivity index (χ3v) is 5.00. The lowest BCUT2D eigenvalue weighted by molar-refractivity contribution is -0.132. The fourth-order valence-electron chi connectivity index (χ4n) is 3.38. The summed E-state index contributed by atoms with van der Waals surface area (Å²) in [6.45, 7) is 2.37. The fourth-order valence-corrected chi connectivity index (χ4v) is 3.38. The van der Waals surface area contributed by atoms with Crippen molar-refractivity contribution in [1.82, 2.24) is 19.8 Å². The molecule has 9 nitrogen and oxygen atoms in total. The van der Waals surface area contributed by atoms with Crippen molar-refractivity contribution in [3.8, 4) is 11.3 Å². The van der Waals surface area contributed by atoms with Crippen LogP contribution in [0.2, 0.25) is 0 Å². The number of ether oxygens (including phenoxy) is 1. The Kier molecular flexibility index (Phi) is 5.15. The molecule has 10 heteroatoms. The number of rotatable bonds is 4. The van der Waals surface area contributed by atoms with Crippen molar-refractivity contribution in [3.63, 3.8) is 0 Å². The lowest BCUT2D eigenvalue weighted by atomic mass is 10.1. The van der Waals surface area contributed by atoms with Crippen LogP contribution in [0.25, 0.3) is 11.3 Å². The van der Waals surface area contributed by atoms with Crippen LogP contribution in [-0.2, 0) is 9.53 Å². The molecule has 0 unspecified atom stereocenters. The largest absolute Gasteiger partial charge is 0.448 e. The Bertz CT molecular complexity index is 972. The van der Waals surface area contributed by atoms with E-state index in [1.807, 2.05) is 0 Å². The summed E-state index contributed by atoms with van der Waals surface area (Å²) in [6, 6.07) is 8.67. The summed E-state index contributed by atoms with van der Waals surface area (Å²) in [5.74, 6) is -0.814. The summed E-state index contributed by atoms with van der Waals surface area (Å²) in [6.07, 6.45) is -0.474. The number of H-pyrrole nitrogens is 1. The number of cyclic esters (lactones) is 1.